The van der Waals surface area contributed by atoms with Crippen molar-refractivity contribution in [2.24, 2.45) is 0 Å². The number of anilines is 3. The molecule has 1 saturated carbocycles. The molecule has 0 spiro atoms. The van der Waals surface area contributed by atoms with Gasteiger partial charge in [-0.3, -0.25) is 0 Å². The van der Waals surface area contributed by atoms with Crippen LogP contribution in [-0.4, -0.2) is 30.1 Å². The minimum atomic E-state index is 0.576. The molecule has 1 aliphatic carbocycles. The normalized spacial score (nSPS) is 16.7. The highest BCUT2D eigenvalue weighted by atomic mass is 15.3. The molecule has 0 amide bonds. The fourth-order valence-electron chi connectivity index (χ4n) is 4.06. The van der Waals surface area contributed by atoms with Crippen molar-refractivity contribution in [3.63, 3.8) is 0 Å². The second kappa shape index (κ2) is 9.72. The Labute approximate surface area is 164 Å². The Morgan fingerprint density at radius 2 is 1.44 bits per heavy atom. The van der Waals surface area contributed by atoms with Crippen molar-refractivity contribution in [1.29, 1.82) is 0 Å². The summed E-state index contributed by atoms with van der Waals surface area (Å²) in [5.74, 6) is 1.83. The number of aromatic nitrogens is 2. The van der Waals surface area contributed by atoms with E-state index in [9.17, 15) is 0 Å². The molecule has 1 aliphatic rings. The van der Waals surface area contributed by atoms with E-state index in [4.69, 9.17) is 4.98 Å². The van der Waals surface area contributed by atoms with Crippen molar-refractivity contribution >= 4 is 17.5 Å². The molecule has 0 radical (unpaired) electrons. The van der Waals surface area contributed by atoms with Crippen molar-refractivity contribution < 1.29 is 0 Å². The fourth-order valence-corrected chi connectivity index (χ4v) is 4.06. The number of rotatable bonds is 4. The van der Waals surface area contributed by atoms with Crippen LogP contribution in [0.1, 0.15) is 63.4 Å². The van der Waals surface area contributed by atoms with Gasteiger partial charge in [0, 0.05) is 37.6 Å². The maximum Gasteiger partial charge on any atom is 0.231 e. The predicted octanol–water partition coefficient (Wildman–Crippen LogP) is 5.88. The predicted molar refractivity (Wildman–Crippen MR) is 115 cm³/mol. The summed E-state index contributed by atoms with van der Waals surface area (Å²) in [6.07, 6.45) is 14.1. The van der Waals surface area contributed by atoms with E-state index >= 15 is 0 Å². The highest BCUT2D eigenvalue weighted by Crippen LogP contribution is 2.28. The molecule has 4 heteroatoms. The van der Waals surface area contributed by atoms with Gasteiger partial charge in [-0.05, 0) is 31.9 Å². The first-order valence-corrected chi connectivity index (χ1v) is 10.5. The lowest BCUT2D eigenvalue weighted by Gasteiger charge is -2.31. The Morgan fingerprint density at radius 1 is 0.852 bits per heavy atom. The van der Waals surface area contributed by atoms with Crippen LogP contribution in [0.5, 0.6) is 0 Å². The Bertz CT molecular complexity index is 691. The zero-order valence-corrected chi connectivity index (χ0v) is 17.2. The number of aryl methyl sites for hydroxylation is 1. The minimum absolute atomic E-state index is 0.576. The molecule has 0 saturated heterocycles. The number of benzene rings is 1. The largest absolute Gasteiger partial charge is 0.356 e. The van der Waals surface area contributed by atoms with E-state index in [0.717, 1.165) is 23.0 Å². The monoisotopic (exact) mass is 366 g/mol. The third-order valence-electron chi connectivity index (χ3n) is 5.83. The molecule has 1 aromatic heterocycles. The van der Waals surface area contributed by atoms with Crippen molar-refractivity contribution in [2.45, 2.75) is 70.8 Å². The summed E-state index contributed by atoms with van der Waals surface area (Å²) >= 11 is 0. The maximum atomic E-state index is 4.96. The summed E-state index contributed by atoms with van der Waals surface area (Å²) in [6, 6.07) is 10.9. The van der Waals surface area contributed by atoms with Gasteiger partial charge in [-0.25, -0.2) is 4.98 Å². The van der Waals surface area contributed by atoms with Gasteiger partial charge in [-0.1, -0.05) is 63.1 Å². The van der Waals surface area contributed by atoms with Crippen LogP contribution < -0.4 is 9.80 Å². The lowest BCUT2D eigenvalue weighted by molar-refractivity contribution is 0.447. The Morgan fingerprint density at radius 3 is 2.07 bits per heavy atom. The fraction of sp³-hybridized carbons (Fsp3) is 0.565. The van der Waals surface area contributed by atoms with Crippen molar-refractivity contribution in [2.75, 3.05) is 23.9 Å². The van der Waals surface area contributed by atoms with E-state index < -0.39 is 0 Å². The second-order valence-corrected chi connectivity index (χ2v) is 7.89. The molecular weight excluding hydrogens is 332 g/mol. The van der Waals surface area contributed by atoms with Crippen LogP contribution in [0.4, 0.5) is 17.5 Å². The standard InChI is InChI=1S/C23H34N4/c1-19-18-24-23(27(3)21-16-12-9-13-17-21)25-22(19)26(2)20-14-10-7-5-4-6-8-11-15-20/h9,12-13,16-18,20H,4-8,10-11,14-15H2,1-3H3. The summed E-state index contributed by atoms with van der Waals surface area (Å²) in [4.78, 5) is 14.0. The highest BCUT2D eigenvalue weighted by molar-refractivity contribution is 5.59. The van der Waals surface area contributed by atoms with Gasteiger partial charge in [-0.15, -0.1) is 0 Å². The van der Waals surface area contributed by atoms with Crippen molar-refractivity contribution in [3.05, 3.63) is 42.1 Å². The molecule has 4 nitrogen and oxygen atoms in total. The number of para-hydroxylation sites is 1. The quantitative estimate of drug-likeness (QED) is 0.676. The minimum Gasteiger partial charge on any atom is -0.356 e. The van der Waals surface area contributed by atoms with Crippen LogP contribution in [-0.2, 0) is 0 Å². The molecule has 0 atom stereocenters. The van der Waals surface area contributed by atoms with Gasteiger partial charge in [0.1, 0.15) is 5.82 Å². The molecule has 0 aliphatic heterocycles. The Hall–Kier alpha value is -2.10. The lowest BCUT2D eigenvalue weighted by Crippen LogP contribution is -2.33. The first kappa shape index (κ1) is 19.7. The first-order chi connectivity index (χ1) is 13.2. The number of hydrogen-bond acceptors (Lipinski definition) is 4. The Balaban J connectivity index is 1.79. The summed E-state index contributed by atoms with van der Waals surface area (Å²) in [5.41, 5.74) is 2.26. The summed E-state index contributed by atoms with van der Waals surface area (Å²) in [5, 5.41) is 0. The van der Waals surface area contributed by atoms with Crippen LogP contribution in [0.2, 0.25) is 0 Å². The summed E-state index contributed by atoms with van der Waals surface area (Å²) in [7, 11) is 4.26. The summed E-state index contributed by atoms with van der Waals surface area (Å²) in [6.45, 7) is 2.12. The maximum absolute atomic E-state index is 4.96. The zero-order chi connectivity index (χ0) is 19.1. The van der Waals surface area contributed by atoms with Crippen LogP contribution in [0.15, 0.2) is 36.5 Å². The van der Waals surface area contributed by atoms with Gasteiger partial charge in [0.25, 0.3) is 0 Å². The molecule has 0 bridgehead atoms. The average Bonchev–Trinajstić information content (AvgIpc) is 2.72. The van der Waals surface area contributed by atoms with Crippen LogP contribution in [0.25, 0.3) is 0 Å². The molecule has 2 aromatic rings. The van der Waals surface area contributed by atoms with Gasteiger partial charge in [-0.2, -0.15) is 4.98 Å². The van der Waals surface area contributed by atoms with Gasteiger partial charge < -0.3 is 9.80 Å². The lowest BCUT2D eigenvalue weighted by atomic mass is 9.96. The van der Waals surface area contributed by atoms with E-state index in [-0.39, 0.29) is 0 Å². The first-order valence-electron chi connectivity index (χ1n) is 10.5. The third kappa shape index (κ3) is 5.21. The highest BCUT2D eigenvalue weighted by Gasteiger charge is 2.20. The molecule has 0 N–H and O–H groups in total. The molecule has 3 rings (SSSR count). The number of nitrogens with zero attached hydrogens (tertiary/aromatic N) is 4. The van der Waals surface area contributed by atoms with E-state index in [1.165, 1.54) is 57.8 Å². The molecule has 146 valence electrons. The topological polar surface area (TPSA) is 32.3 Å². The Kier molecular flexibility index (Phi) is 7.08. The average molecular weight is 367 g/mol. The van der Waals surface area contributed by atoms with Crippen molar-refractivity contribution in [1.82, 2.24) is 9.97 Å². The van der Waals surface area contributed by atoms with Crippen LogP contribution in [0, 0.1) is 6.92 Å². The van der Waals surface area contributed by atoms with Gasteiger partial charge >= 0.3 is 0 Å². The molecular formula is C23H34N4. The smallest absolute Gasteiger partial charge is 0.231 e. The molecule has 27 heavy (non-hydrogen) atoms. The number of hydrogen-bond donors (Lipinski definition) is 0. The molecule has 0 unspecified atom stereocenters. The van der Waals surface area contributed by atoms with Crippen LogP contribution in [0.3, 0.4) is 0 Å². The van der Waals surface area contributed by atoms with E-state index in [0.29, 0.717) is 6.04 Å². The molecule has 1 heterocycles. The van der Waals surface area contributed by atoms with Gasteiger partial charge in [0.2, 0.25) is 5.95 Å². The van der Waals surface area contributed by atoms with Gasteiger partial charge in [0.15, 0.2) is 0 Å². The summed E-state index contributed by atoms with van der Waals surface area (Å²) < 4.78 is 0. The third-order valence-corrected chi connectivity index (χ3v) is 5.83. The molecule has 1 aromatic carbocycles. The zero-order valence-electron chi connectivity index (χ0n) is 17.2. The van der Waals surface area contributed by atoms with Crippen molar-refractivity contribution in [3.8, 4) is 0 Å². The van der Waals surface area contributed by atoms with Crippen LogP contribution >= 0.6 is 0 Å². The van der Waals surface area contributed by atoms with E-state index in [1.54, 1.807) is 0 Å². The molecule has 1 fully saturated rings. The van der Waals surface area contributed by atoms with Gasteiger partial charge in [0.05, 0.1) is 0 Å². The second-order valence-electron chi connectivity index (χ2n) is 7.89. The van der Waals surface area contributed by atoms with E-state index in [1.807, 2.05) is 31.4 Å². The SMILES string of the molecule is Cc1cnc(N(C)c2ccccc2)nc1N(C)C1CCCCCCCCC1. The van der Waals surface area contributed by atoms with E-state index in [2.05, 4.69) is 40.9 Å².